The molecule has 0 aliphatic rings. The van der Waals surface area contributed by atoms with Crippen molar-refractivity contribution >= 4 is 20.2 Å². The molecule has 8 nitrogen and oxygen atoms in total. The van der Waals surface area contributed by atoms with E-state index >= 15 is 0 Å². The minimum atomic E-state index is -3.71. The maximum atomic E-state index is 12.9. The van der Waals surface area contributed by atoms with Crippen LogP contribution in [0.4, 0.5) is 13.2 Å². The summed E-state index contributed by atoms with van der Waals surface area (Å²) in [7, 11) is -7.32. The van der Waals surface area contributed by atoms with Crippen molar-refractivity contribution in [3.63, 3.8) is 0 Å². The fraction of sp³-hybridized carbons (Fsp3) is 0.400. The van der Waals surface area contributed by atoms with Crippen LogP contribution in [0.1, 0.15) is 25.0 Å². The third-order valence-electron chi connectivity index (χ3n) is 4.12. The van der Waals surface area contributed by atoms with Crippen molar-refractivity contribution in [1.29, 1.82) is 0 Å². The SMILES string of the molecule is C[C@@](O)(COS(C)(=O)=O)c1ccc(F)c(F)c1.C[C@@](O)(COS(C)(=O)=O)c1ccc(F)cc1. The number of aliphatic hydroxyl groups is 2. The van der Waals surface area contributed by atoms with Crippen molar-refractivity contribution in [1.82, 2.24) is 0 Å². The number of halogens is 3. The van der Waals surface area contributed by atoms with Gasteiger partial charge in [-0.05, 0) is 49.2 Å². The van der Waals surface area contributed by atoms with Crippen LogP contribution in [0.25, 0.3) is 0 Å². The molecule has 0 amide bonds. The Kier molecular flexibility index (Phi) is 9.61. The van der Waals surface area contributed by atoms with Crippen LogP contribution >= 0.6 is 0 Å². The van der Waals surface area contributed by atoms with Gasteiger partial charge in [0.1, 0.15) is 17.0 Å². The first-order valence-corrected chi connectivity index (χ1v) is 12.8. The molecule has 0 bridgehead atoms. The highest BCUT2D eigenvalue weighted by molar-refractivity contribution is 7.86. The lowest BCUT2D eigenvalue weighted by Crippen LogP contribution is -2.29. The molecule has 0 radical (unpaired) electrons. The number of benzene rings is 2. The van der Waals surface area contributed by atoms with E-state index < -0.39 is 62.1 Å². The number of hydrogen-bond donors (Lipinski definition) is 2. The Hall–Kier alpha value is -2.03. The van der Waals surface area contributed by atoms with E-state index in [2.05, 4.69) is 8.37 Å². The van der Waals surface area contributed by atoms with Crippen LogP contribution < -0.4 is 0 Å². The molecule has 2 aromatic carbocycles. The molecule has 2 rings (SSSR count). The zero-order chi connectivity index (χ0) is 25.7. The molecule has 0 aliphatic heterocycles. The summed E-state index contributed by atoms with van der Waals surface area (Å²) in [5.41, 5.74) is -2.79. The van der Waals surface area contributed by atoms with Gasteiger partial charge < -0.3 is 10.2 Å². The van der Waals surface area contributed by atoms with Crippen molar-refractivity contribution in [2.45, 2.75) is 25.0 Å². The van der Waals surface area contributed by atoms with Crippen LogP contribution in [-0.4, -0.2) is 52.8 Å². The highest BCUT2D eigenvalue weighted by atomic mass is 32.2. The Morgan fingerprint density at radius 2 is 1.12 bits per heavy atom. The van der Waals surface area contributed by atoms with E-state index in [0.29, 0.717) is 5.56 Å². The van der Waals surface area contributed by atoms with E-state index in [-0.39, 0.29) is 5.56 Å². The summed E-state index contributed by atoms with van der Waals surface area (Å²) in [4.78, 5) is 0. The van der Waals surface area contributed by atoms with E-state index in [9.17, 15) is 40.2 Å². The molecule has 0 aromatic heterocycles. The van der Waals surface area contributed by atoms with Gasteiger partial charge in [-0.15, -0.1) is 0 Å². The predicted octanol–water partition coefficient (Wildman–Crippen LogP) is 2.16. The van der Waals surface area contributed by atoms with Gasteiger partial charge in [0, 0.05) is 0 Å². The van der Waals surface area contributed by atoms with Crippen LogP contribution in [-0.2, 0) is 39.8 Å². The van der Waals surface area contributed by atoms with Gasteiger partial charge in [-0.25, -0.2) is 13.2 Å². The molecule has 13 heteroatoms. The average molecular weight is 515 g/mol. The molecular formula is C20H25F3O8S2. The van der Waals surface area contributed by atoms with Gasteiger partial charge in [-0.1, -0.05) is 18.2 Å². The molecular weight excluding hydrogens is 489 g/mol. The molecule has 0 saturated heterocycles. The fourth-order valence-electron chi connectivity index (χ4n) is 2.25. The lowest BCUT2D eigenvalue weighted by atomic mass is 9.97. The monoisotopic (exact) mass is 514 g/mol. The highest BCUT2D eigenvalue weighted by Crippen LogP contribution is 2.23. The van der Waals surface area contributed by atoms with Crippen molar-refractivity contribution in [2.24, 2.45) is 0 Å². The van der Waals surface area contributed by atoms with Crippen molar-refractivity contribution in [2.75, 3.05) is 25.7 Å². The maximum absolute atomic E-state index is 12.9. The van der Waals surface area contributed by atoms with Crippen molar-refractivity contribution in [3.05, 3.63) is 71.0 Å². The van der Waals surface area contributed by atoms with Gasteiger partial charge in [-0.3, -0.25) is 8.37 Å². The summed E-state index contributed by atoms with van der Waals surface area (Å²) < 4.78 is 90.3. The first-order valence-electron chi connectivity index (χ1n) is 9.17. The van der Waals surface area contributed by atoms with Gasteiger partial charge in [0.2, 0.25) is 0 Å². The van der Waals surface area contributed by atoms with E-state index in [1.807, 2.05) is 0 Å². The Morgan fingerprint density at radius 3 is 1.52 bits per heavy atom. The van der Waals surface area contributed by atoms with Gasteiger partial charge in [0.05, 0.1) is 25.7 Å². The van der Waals surface area contributed by atoms with Gasteiger partial charge >= 0.3 is 0 Å². The summed E-state index contributed by atoms with van der Waals surface area (Å²) >= 11 is 0. The van der Waals surface area contributed by atoms with Crippen molar-refractivity contribution < 1.29 is 48.6 Å². The first kappa shape index (κ1) is 29.0. The van der Waals surface area contributed by atoms with Gasteiger partial charge in [-0.2, -0.15) is 16.8 Å². The lowest BCUT2D eigenvalue weighted by Gasteiger charge is -2.22. The molecule has 0 aliphatic carbocycles. The summed E-state index contributed by atoms with van der Waals surface area (Å²) in [5.74, 6) is -2.60. The zero-order valence-electron chi connectivity index (χ0n) is 18.2. The fourth-order valence-corrected chi connectivity index (χ4v) is 3.14. The normalized spacial score (nSPS) is 15.7. The Labute approximate surface area is 190 Å². The van der Waals surface area contributed by atoms with Crippen LogP contribution in [0.3, 0.4) is 0 Å². The van der Waals surface area contributed by atoms with E-state index in [4.69, 9.17) is 0 Å². The minimum Gasteiger partial charge on any atom is -0.383 e. The van der Waals surface area contributed by atoms with Crippen molar-refractivity contribution in [3.8, 4) is 0 Å². The average Bonchev–Trinajstić information content (AvgIpc) is 2.67. The minimum absolute atomic E-state index is 0.0278. The third kappa shape index (κ3) is 10.6. The number of rotatable bonds is 8. The quantitative estimate of drug-likeness (QED) is 0.513. The molecule has 0 fully saturated rings. The summed E-state index contributed by atoms with van der Waals surface area (Å²) in [6.07, 6.45) is 1.72. The second kappa shape index (κ2) is 10.9. The Morgan fingerprint density at radius 1 is 0.727 bits per heavy atom. The largest absolute Gasteiger partial charge is 0.383 e. The van der Waals surface area contributed by atoms with E-state index in [1.165, 1.54) is 38.1 Å². The molecule has 0 spiro atoms. The molecule has 2 N–H and O–H groups in total. The first-order chi connectivity index (χ1) is 14.8. The van der Waals surface area contributed by atoms with Crippen LogP contribution in [0, 0.1) is 17.5 Å². The zero-order valence-corrected chi connectivity index (χ0v) is 19.9. The summed E-state index contributed by atoms with van der Waals surface area (Å²) in [5, 5.41) is 19.8. The molecule has 0 unspecified atom stereocenters. The highest BCUT2D eigenvalue weighted by Gasteiger charge is 2.27. The van der Waals surface area contributed by atoms with Crippen LogP contribution in [0.15, 0.2) is 42.5 Å². The Bertz CT molecular complexity index is 1150. The molecule has 33 heavy (non-hydrogen) atoms. The molecule has 186 valence electrons. The molecule has 0 heterocycles. The molecule has 0 saturated carbocycles. The predicted molar refractivity (Wildman–Crippen MR) is 113 cm³/mol. The lowest BCUT2D eigenvalue weighted by molar-refractivity contribution is 0.00971. The summed E-state index contributed by atoms with van der Waals surface area (Å²) in [6.45, 7) is 1.66. The van der Waals surface area contributed by atoms with Crippen LogP contribution in [0.2, 0.25) is 0 Å². The third-order valence-corrected chi connectivity index (χ3v) is 5.21. The van der Waals surface area contributed by atoms with E-state index in [1.54, 1.807) is 0 Å². The standard InChI is InChI=1S/C10H12F2O4S.C10H13FO4S/c1-10(13,6-16-17(2,14)15)7-3-4-8(11)9(12)5-7;1-10(12,7-15-16(2,13)14)8-3-5-9(11)6-4-8/h3-5,13H,6H2,1-2H3;3-6,12H,7H2,1-2H3/t2*10-/m11/s1. The summed E-state index contributed by atoms with van der Waals surface area (Å²) in [6, 6.07) is 7.92. The smallest absolute Gasteiger partial charge is 0.264 e. The Balaban J connectivity index is 0.000000331. The van der Waals surface area contributed by atoms with E-state index in [0.717, 1.165) is 30.7 Å². The van der Waals surface area contributed by atoms with Crippen LogP contribution in [0.5, 0.6) is 0 Å². The maximum Gasteiger partial charge on any atom is 0.264 e. The van der Waals surface area contributed by atoms with Gasteiger partial charge in [0.25, 0.3) is 20.2 Å². The number of hydrogen-bond acceptors (Lipinski definition) is 8. The topological polar surface area (TPSA) is 127 Å². The molecule has 2 aromatic rings. The second-order valence-corrected chi connectivity index (χ2v) is 10.9. The van der Waals surface area contributed by atoms with Gasteiger partial charge in [0.15, 0.2) is 11.6 Å². The molecule has 2 atom stereocenters. The second-order valence-electron chi connectivity index (χ2n) is 7.62.